The summed E-state index contributed by atoms with van der Waals surface area (Å²) in [6.07, 6.45) is 1.67. The second-order valence-corrected chi connectivity index (χ2v) is 6.01. The Morgan fingerprint density at radius 3 is 2.86 bits per heavy atom. The van der Waals surface area contributed by atoms with E-state index in [0.29, 0.717) is 25.1 Å². The van der Waals surface area contributed by atoms with E-state index in [2.05, 4.69) is 25.5 Å². The molecule has 0 radical (unpaired) electrons. The van der Waals surface area contributed by atoms with Gasteiger partial charge < -0.3 is 25.8 Å². The highest BCUT2D eigenvalue weighted by atomic mass is 19.1. The minimum absolute atomic E-state index is 0.106. The third-order valence-electron chi connectivity index (χ3n) is 3.85. The van der Waals surface area contributed by atoms with Crippen LogP contribution in [0.1, 0.15) is 36.7 Å². The molecule has 2 aromatic rings. The molecule has 1 heterocycles. The first-order valence-corrected chi connectivity index (χ1v) is 8.57. The fraction of sp³-hybridized carbons (Fsp3) is 0.467. The molecule has 10 nitrogen and oxygen atoms in total. The molecule has 0 bridgehead atoms. The first-order valence-electron chi connectivity index (χ1n) is 8.57. The lowest BCUT2D eigenvalue weighted by Gasteiger charge is -2.12. The summed E-state index contributed by atoms with van der Waals surface area (Å²) in [5.41, 5.74) is 6.19. The van der Waals surface area contributed by atoms with E-state index in [1.807, 2.05) is 0 Å². The zero-order valence-corrected chi connectivity index (χ0v) is 15.0. The molecule has 1 aromatic carbocycles. The minimum atomic E-state index is -1.80. The number of nitrogens with zero attached hydrogens (tertiary/aromatic N) is 4. The van der Waals surface area contributed by atoms with Crippen molar-refractivity contribution >= 4 is 13.2 Å². The van der Waals surface area contributed by atoms with Gasteiger partial charge in [0, 0.05) is 24.8 Å². The maximum atomic E-state index is 13.6. The lowest BCUT2D eigenvalue weighted by Crippen LogP contribution is -2.30. The number of hydrogen-bond donors (Lipinski definition) is 4. The second kappa shape index (κ2) is 10.8. The number of nitrogens with two attached hydrogens (primary N) is 1. The number of nitrogens with one attached hydrogen (secondary N) is 1. The Morgan fingerprint density at radius 1 is 1.36 bits per heavy atom. The van der Waals surface area contributed by atoms with Gasteiger partial charge >= 0.3 is 7.32 Å². The van der Waals surface area contributed by atoms with E-state index < -0.39 is 30.9 Å². The summed E-state index contributed by atoms with van der Waals surface area (Å²) in [4.78, 5) is 12.1. The molecule has 152 valence electrons. The van der Waals surface area contributed by atoms with Gasteiger partial charge in [0.25, 0.3) is 0 Å². The third kappa shape index (κ3) is 6.92. The Labute approximate surface area is 159 Å². The van der Waals surface area contributed by atoms with Gasteiger partial charge in [-0.3, -0.25) is 4.79 Å². The van der Waals surface area contributed by atoms with Gasteiger partial charge in [0.05, 0.1) is 6.04 Å². The van der Waals surface area contributed by atoms with E-state index >= 15 is 0 Å². The third-order valence-corrected chi connectivity index (χ3v) is 3.85. The van der Waals surface area contributed by atoms with Crippen molar-refractivity contribution in [3.63, 3.8) is 0 Å². The molecule has 0 aliphatic carbocycles. The monoisotopic (exact) mass is 398 g/mol. The lowest BCUT2D eigenvalue weighted by molar-refractivity contribution is -0.122. The van der Waals surface area contributed by atoms with Crippen LogP contribution in [0.25, 0.3) is 0 Å². The molecule has 0 saturated carbocycles. The van der Waals surface area contributed by atoms with Gasteiger partial charge in [-0.15, -0.1) is 5.10 Å². The summed E-state index contributed by atoms with van der Waals surface area (Å²) in [6, 6.07) is 2.57. The Kier molecular flexibility index (Phi) is 8.38. The predicted molar refractivity (Wildman–Crippen MR) is 92.9 cm³/mol. The van der Waals surface area contributed by atoms with Crippen molar-refractivity contribution in [2.75, 3.05) is 6.61 Å². The van der Waals surface area contributed by atoms with E-state index in [9.17, 15) is 13.6 Å². The van der Waals surface area contributed by atoms with Crippen molar-refractivity contribution < 1.29 is 28.3 Å². The summed E-state index contributed by atoms with van der Waals surface area (Å²) >= 11 is 0. The van der Waals surface area contributed by atoms with Crippen LogP contribution in [-0.4, -0.2) is 50.1 Å². The van der Waals surface area contributed by atoms with Gasteiger partial charge in [-0.25, -0.2) is 13.5 Å². The van der Waals surface area contributed by atoms with Crippen molar-refractivity contribution in [2.24, 2.45) is 5.73 Å². The van der Waals surface area contributed by atoms with Crippen molar-refractivity contribution in [3.05, 3.63) is 41.2 Å². The van der Waals surface area contributed by atoms with Crippen molar-refractivity contribution in [2.45, 2.75) is 38.4 Å². The highest BCUT2D eigenvalue weighted by Crippen LogP contribution is 2.14. The molecular weight excluding hydrogens is 377 g/mol. The Morgan fingerprint density at radius 2 is 2.14 bits per heavy atom. The number of amides is 1. The number of tetrazole rings is 1. The second-order valence-electron chi connectivity index (χ2n) is 6.01. The molecule has 1 atom stereocenters. The number of unbranched alkanes of at least 4 members (excludes halogenated alkanes) is 1. The van der Waals surface area contributed by atoms with Crippen LogP contribution >= 0.6 is 0 Å². The van der Waals surface area contributed by atoms with Gasteiger partial charge in [-0.2, -0.15) is 0 Å². The zero-order chi connectivity index (χ0) is 20.5. The fourth-order valence-corrected chi connectivity index (χ4v) is 2.42. The van der Waals surface area contributed by atoms with Gasteiger partial charge in [0.1, 0.15) is 18.2 Å². The Balaban J connectivity index is 1.81. The normalized spacial score (nSPS) is 12.0. The zero-order valence-electron chi connectivity index (χ0n) is 15.0. The Hall–Kier alpha value is -2.48. The number of rotatable bonds is 11. The predicted octanol–water partition coefficient (Wildman–Crippen LogP) is -0.576. The maximum absolute atomic E-state index is 13.6. The van der Waals surface area contributed by atoms with Gasteiger partial charge in [-0.1, -0.05) is 6.07 Å². The lowest BCUT2D eigenvalue weighted by atomic mass is 10.1. The summed E-state index contributed by atoms with van der Waals surface area (Å²) in [5.74, 6) is -1.59. The van der Waals surface area contributed by atoms with Gasteiger partial charge in [0.2, 0.25) is 5.91 Å². The number of aromatic nitrogens is 4. The fourth-order valence-electron chi connectivity index (χ4n) is 2.42. The van der Waals surface area contributed by atoms with Crippen LogP contribution in [-0.2, 0) is 22.5 Å². The van der Waals surface area contributed by atoms with Crippen LogP contribution in [0.2, 0.25) is 0 Å². The highest BCUT2D eigenvalue weighted by Gasteiger charge is 2.17. The van der Waals surface area contributed by atoms with E-state index in [-0.39, 0.29) is 25.3 Å². The molecule has 0 spiro atoms. The molecule has 0 saturated heterocycles. The van der Waals surface area contributed by atoms with Crippen LogP contribution in [0.3, 0.4) is 0 Å². The summed E-state index contributed by atoms with van der Waals surface area (Å²) in [5, 5.41) is 30.7. The van der Waals surface area contributed by atoms with Crippen LogP contribution in [0.15, 0.2) is 18.2 Å². The molecule has 0 aliphatic rings. The SMILES string of the molecule is NC(CCCCOB(O)O)c1nnnn1CC(=O)NCc1ccc(F)cc1F. The van der Waals surface area contributed by atoms with Gasteiger partial charge in [-0.05, 0) is 35.8 Å². The van der Waals surface area contributed by atoms with Crippen molar-refractivity contribution in [1.29, 1.82) is 0 Å². The maximum Gasteiger partial charge on any atom is 0.633 e. The first-order chi connectivity index (χ1) is 13.4. The molecule has 0 fully saturated rings. The molecule has 1 aromatic heterocycles. The molecule has 13 heteroatoms. The molecule has 28 heavy (non-hydrogen) atoms. The van der Waals surface area contributed by atoms with Crippen LogP contribution < -0.4 is 11.1 Å². The summed E-state index contributed by atoms with van der Waals surface area (Å²) in [7, 11) is -1.80. The van der Waals surface area contributed by atoms with Gasteiger partial charge in [0.15, 0.2) is 5.82 Å². The number of carbonyl (C=O) groups excluding carboxylic acids is 1. The Bertz CT molecular complexity index is 779. The number of carbonyl (C=O) groups is 1. The number of benzene rings is 1. The van der Waals surface area contributed by atoms with E-state index in [0.717, 1.165) is 12.1 Å². The van der Waals surface area contributed by atoms with Crippen molar-refractivity contribution in [1.82, 2.24) is 25.5 Å². The quantitative estimate of drug-likeness (QED) is 0.290. The smallest absolute Gasteiger partial charge is 0.402 e. The average Bonchev–Trinajstić information content (AvgIpc) is 3.08. The standard InChI is InChI=1S/C15H21BF2N6O4/c17-11-5-4-10(12(18)7-11)8-20-14(25)9-24-15(21-22-23-24)13(19)3-1-2-6-28-16(26)27/h4-5,7,13,26-27H,1-3,6,8-9,19H2,(H,20,25). The average molecular weight is 398 g/mol. The summed E-state index contributed by atoms with van der Waals surface area (Å²) in [6.45, 7) is -0.151. The minimum Gasteiger partial charge on any atom is -0.402 e. The van der Waals surface area contributed by atoms with Crippen LogP contribution in [0.4, 0.5) is 8.78 Å². The molecule has 2 rings (SSSR count). The first kappa shape index (κ1) is 21.8. The summed E-state index contributed by atoms with van der Waals surface area (Å²) < 4.78 is 32.3. The van der Waals surface area contributed by atoms with Crippen LogP contribution in [0.5, 0.6) is 0 Å². The topological polar surface area (TPSA) is 148 Å². The molecule has 1 amide bonds. The number of hydrogen-bond acceptors (Lipinski definition) is 8. The largest absolute Gasteiger partial charge is 0.633 e. The number of halogens is 2. The molecule has 1 unspecified atom stereocenters. The van der Waals surface area contributed by atoms with E-state index in [1.165, 1.54) is 10.7 Å². The highest BCUT2D eigenvalue weighted by molar-refractivity contribution is 6.32. The molecule has 0 aliphatic heterocycles. The van der Waals surface area contributed by atoms with Crippen molar-refractivity contribution in [3.8, 4) is 0 Å². The molecule has 5 N–H and O–H groups in total. The van der Waals surface area contributed by atoms with E-state index in [1.54, 1.807) is 0 Å². The molecular formula is C15H21BF2N6O4. The van der Waals surface area contributed by atoms with Crippen LogP contribution in [0, 0.1) is 11.6 Å². The van der Waals surface area contributed by atoms with E-state index in [4.69, 9.17) is 15.8 Å².